The maximum Gasteiger partial charge on any atom is 0.171 e. The Kier molecular flexibility index (Phi) is 4.20. The number of halogens is 1. The Balaban J connectivity index is 1.68. The highest BCUT2D eigenvalue weighted by Gasteiger charge is 2.36. The molecule has 1 saturated heterocycles. The number of sulfone groups is 1. The van der Waals surface area contributed by atoms with Gasteiger partial charge in [0, 0.05) is 17.3 Å². The molecular formula is C14H14ClN3O2S2. The molecule has 2 N–H and O–H groups in total. The van der Waals surface area contributed by atoms with E-state index >= 15 is 0 Å². The molecule has 3 rings (SSSR count). The molecule has 2 atom stereocenters. The molecule has 22 heavy (non-hydrogen) atoms. The fourth-order valence-electron chi connectivity index (χ4n) is 2.43. The van der Waals surface area contributed by atoms with E-state index in [0.29, 0.717) is 5.11 Å². The van der Waals surface area contributed by atoms with E-state index in [1.165, 1.54) is 0 Å². The van der Waals surface area contributed by atoms with Crippen LogP contribution in [-0.4, -0.2) is 41.4 Å². The van der Waals surface area contributed by atoms with Gasteiger partial charge in [-0.15, -0.1) is 11.6 Å². The van der Waals surface area contributed by atoms with Gasteiger partial charge in [-0.25, -0.2) is 8.42 Å². The Labute approximate surface area is 139 Å². The van der Waals surface area contributed by atoms with Gasteiger partial charge < -0.3 is 10.6 Å². The Morgan fingerprint density at radius 3 is 2.86 bits per heavy atom. The van der Waals surface area contributed by atoms with Gasteiger partial charge >= 0.3 is 0 Å². The van der Waals surface area contributed by atoms with E-state index in [0.717, 1.165) is 16.6 Å². The van der Waals surface area contributed by atoms with Crippen molar-refractivity contribution in [3.05, 3.63) is 36.5 Å². The molecule has 1 aliphatic heterocycles. The summed E-state index contributed by atoms with van der Waals surface area (Å²) in [7, 11) is -3.08. The van der Waals surface area contributed by atoms with Crippen LogP contribution in [0.1, 0.15) is 0 Å². The number of hydrogen-bond donors (Lipinski definition) is 2. The van der Waals surface area contributed by atoms with E-state index in [9.17, 15) is 8.42 Å². The molecule has 8 heteroatoms. The average molecular weight is 356 g/mol. The highest BCUT2D eigenvalue weighted by Crippen LogP contribution is 2.19. The molecule has 2 aromatic rings. The second-order valence-electron chi connectivity index (χ2n) is 5.21. The minimum Gasteiger partial charge on any atom is -0.357 e. The first kappa shape index (κ1) is 15.5. The summed E-state index contributed by atoms with van der Waals surface area (Å²) in [6.45, 7) is 0. The van der Waals surface area contributed by atoms with Crippen LogP contribution in [-0.2, 0) is 9.84 Å². The highest BCUT2D eigenvalue weighted by atomic mass is 35.5. The molecule has 0 radical (unpaired) electrons. The number of thiocarbonyl (C=S) groups is 1. The van der Waals surface area contributed by atoms with Gasteiger partial charge in [-0.1, -0.05) is 6.07 Å². The Hall–Kier alpha value is -1.44. The predicted molar refractivity (Wildman–Crippen MR) is 93.2 cm³/mol. The van der Waals surface area contributed by atoms with E-state index in [4.69, 9.17) is 23.8 Å². The number of aromatic nitrogens is 1. The number of alkyl halides is 1. The summed E-state index contributed by atoms with van der Waals surface area (Å²) in [4.78, 5) is 4.25. The number of benzene rings is 1. The first-order valence-electron chi connectivity index (χ1n) is 6.70. The minimum atomic E-state index is -3.08. The lowest BCUT2D eigenvalue weighted by Crippen LogP contribution is -2.42. The first-order chi connectivity index (χ1) is 10.4. The lowest BCUT2D eigenvalue weighted by molar-refractivity contribution is 0.600. The van der Waals surface area contributed by atoms with Crippen molar-refractivity contribution in [2.24, 2.45) is 0 Å². The molecule has 0 amide bonds. The number of nitrogens with zero attached hydrogens (tertiary/aromatic N) is 1. The molecule has 1 aliphatic rings. The van der Waals surface area contributed by atoms with Crippen molar-refractivity contribution in [1.29, 1.82) is 0 Å². The van der Waals surface area contributed by atoms with Gasteiger partial charge in [-0.05, 0) is 36.5 Å². The van der Waals surface area contributed by atoms with Gasteiger partial charge in [0.05, 0.1) is 28.4 Å². The van der Waals surface area contributed by atoms with E-state index in [-0.39, 0.29) is 17.5 Å². The standard InChI is InChI=1S/C14H14ClN3O2S2/c15-11-7-22(19,20)8-13(11)18-14(21)17-10-3-4-12-9(6-10)2-1-5-16-12/h1-6,11,13H,7-8H2,(H2,17,18,21)/t11-,13-/m1/s1. The molecule has 5 nitrogen and oxygen atoms in total. The van der Waals surface area contributed by atoms with Crippen LogP contribution in [0.4, 0.5) is 5.69 Å². The van der Waals surface area contributed by atoms with Crippen molar-refractivity contribution in [2.75, 3.05) is 16.8 Å². The molecule has 0 aliphatic carbocycles. The van der Waals surface area contributed by atoms with Crippen LogP contribution >= 0.6 is 23.8 Å². The topological polar surface area (TPSA) is 71.1 Å². The maximum absolute atomic E-state index is 11.5. The molecule has 1 aromatic heterocycles. The second-order valence-corrected chi connectivity index (χ2v) is 8.33. The monoisotopic (exact) mass is 355 g/mol. The molecule has 1 fully saturated rings. The van der Waals surface area contributed by atoms with Gasteiger partial charge in [0.15, 0.2) is 14.9 Å². The number of rotatable bonds is 2. The third-order valence-corrected chi connectivity index (χ3v) is 6.06. The summed E-state index contributed by atoms with van der Waals surface area (Å²) in [5.74, 6) is -0.0128. The fourth-order valence-corrected chi connectivity index (χ4v) is 5.24. The largest absolute Gasteiger partial charge is 0.357 e. The Bertz CT molecular complexity index is 826. The summed E-state index contributed by atoms with van der Waals surface area (Å²) >= 11 is 11.3. The highest BCUT2D eigenvalue weighted by molar-refractivity contribution is 7.91. The quantitative estimate of drug-likeness (QED) is 0.633. The van der Waals surface area contributed by atoms with Gasteiger partial charge in [0.2, 0.25) is 0 Å². The van der Waals surface area contributed by atoms with Crippen molar-refractivity contribution < 1.29 is 8.42 Å². The van der Waals surface area contributed by atoms with E-state index in [2.05, 4.69) is 15.6 Å². The summed E-state index contributed by atoms with van der Waals surface area (Å²) < 4.78 is 23.1. The zero-order chi connectivity index (χ0) is 15.7. The molecule has 1 aromatic carbocycles. The summed E-state index contributed by atoms with van der Waals surface area (Å²) in [6, 6.07) is 9.15. The van der Waals surface area contributed by atoms with E-state index in [1.807, 2.05) is 30.3 Å². The van der Waals surface area contributed by atoms with Crippen LogP contribution in [0.25, 0.3) is 10.9 Å². The van der Waals surface area contributed by atoms with Crippen LogP contribution in [0.15, 0.2) is 36.5 Å². The van der Waals surface area contributed by atoms with Gasteiger partial charge in [-0.2, -0.15) is 0 Å². The predicted octanol–water partition coefficient (Wildman–Crippen LogP) is 1.93. The van der Waals surface area contributed by atoms with Crippen LogP contribution in [0, 0.1) is 0 Å². The normalized spacial score (nSPS) is 23.3. The Morgan fingerprint density at radius 2 is 2.14 bits per heavy atom. The summed E-state index contributed by atoms with van der Waals surface area (Å²) in [6.07, 6.45) is 1.74. The van der Waals surface area contributed by atoms with Crippen molar-refractivity contribution in [3.8, 4) is 0 Å². The molecular weight excluding hydrogens is 342 g/mol. The van der Waals surface area contributed by atoms with Crippen LogP contribution < -0.4 is 10.6 Å². The number of anilines is 1. The minimum absolute atomic E-state index is 0.00459. The molecule has 0 unspecified atom stereocenters. The van der Waals surface area contributed by atoms with Crippen molar-refractivity contribution in [2.45, 2.75) is 11.4 Å². The maximum atomic E-state index is 11.5. The lowest BCUT2D eigenvalue weighted by Gasteiger charge is -2.17. The van der Waals surface area contributed by atoms with Crippen LogP contribution in [0.3, 0.4) is 0 Å². The van der Waals surface area contributed by atoms with E-state index < -0.39 is 15.2 Å². The smallest absolute Gasteiger partial charge is 0.171 e. The van der Waals surface area contributed by atoms with Crippen molar-refractivity contribution >= 4 is 55.4 Å². The fraction of sp³-hybridized carbons (Fsp3) is 0.286. The molecule has 0 bridgehead atoms. The Morgan fingerprint density at radius 1 is 1.32 bits per heavy atom. The zero-order valence-corrected chi connectivity index (χ0v) is 13.9. The van der Waals surface area contributed by atoms with Crippen molar-refractivity contribution in [1.82, 2.24) is 10.3 Å². The van der Waals surface area contributed by atoms with Crippen LogP contribution in [0.2, 0.25) is 0 Å². The second kappa shape index (κ2) is 5.98. The number of pyridine rings is 1. The third-order valence-electron chi connectivity index (χ3n) is 3.46. The number of hydrogen-bond acceptors (Lipinski definition) is 4. The van der Waals surface area contributed by atoms with Gasteiger partial charge in [0.1, 0.15) is 0 Å². The number of nitrogens with one attached hydrogen (secondary N) is 2. The molecule has 116 valence electrons. The van der Waals surface area contributed by atoms with Crippen LogP contribution in [0.5, 0.6) is 0 Å². The molecule has 0 saturated carbocycles. The third kappa shape index (κ3) is 3.48. The lowest BCUT2D eigenvalue weighted by atomic mass is 10.2. The van der Waals surface area contributed by atoms with Gasteiger partial charge in [0.25, 0.3) is 0 Å². The molecule has 0 spiro atoms. The summed E-state index contributed by atoms with van der Waals surface area (Å²) in [5, 5.41) is 6.91. The first-order valence-corrected chi connectivity index (χ1v) is 9.36. The average Bonchev–Trinajstić information content (AvgIpc) is 2.71. The van der Waals surface area contributed by atoms with Crippen molar-refractivity contribution in [3.63, 3.8) is 0 Å². The summed E-state index contributed by atoms with van der Waals surface area (Å²) in [5.41, 5.74) is 1.71. The molecule has 2 heterocycles. The van der Waals surface area contributed by atoms with E-state index in [1.54, 1.807) is 6.20 Å². The number of fused-ring (bicyclic) bond motifs is 1. The van der Waals surface area contributed by atoms with Gasteiger partial charge in [-0.3, -0.25) is 4.98 Å². The SMILES string of the molecule is O=S1(=O)C[C@@H](Cl)[C@H](NC(=S)Nc2ccc3ncccc3c2)C1. The zero-order valence-electron chi connectivity index (χ0n) is 11.5.